The average Bonchev–Trinajstić information content (AvgIpc) is 2.62. The molecule has 0 aromatic heterocycles. The van der Waals surface area contributed by atoms with Crippen LogP contribution in [0.1, 0.15) is 40.0 Å². The second kappa shape index (κ2) is 9.08. The van der Waals surface area contributed by atoms with Crippen LogP contribution in [0.15, 0.2) is 0 Å². The zero-order chi connectivity index (χ0) is 13.9. The Balaban J connectivity index is 0. The van der Waals surface area contributed by atoms with Gasteiger partial charge in [-0.05, 0) is 45.7 Å². The SMILES string of the molecule is CC(NC(=O)C1CCC(N)C1)C(C)(C)CN(C)C.Cl.Cl. The minimum Gasteiger partial charge on any atom is -0.353 e. The zero-order valence-electron chi connectivity index (χ0n) is 13.3. The molecule has 0 radical (unpaired) electrons. The van der Waals surface area contributed by atoms with E-state index in [9.17, 15) is 4.79 Å². The summed E-state index contributed by atoms with van der Waals surface area (Å²) >= 11 is 0. The van der Waals surface area contributed by atoms with Crippen molar-refractivity contribution in [3.05, 3.63) is 0 Å². The molecule has 3 N–H and O–H groups in total. The highest BCUT2D eigenvalue weighted by Crippen LogP contribution is 2.26. The van der Waals surface area contributed by atoms with Crippen molar-refractivity contribution in [2.75, 3.05) is 20.6 Å². The van der Waals surface area contributed by atoms with Crippen LogP contribution in [-0.4, -0.2) is 43.5 Å². The summed E-state index contributed by atoms with van der Waals surface area (Å²) in [4.78, 5) is 14.3. The molecule has 1 rings (SSSR count). The number of amides is 1. The lowest BCUT2D eigenvalue weighted by Crippen LogP contribution is -2.48. The number of nitrogens with zero attached hydrogens (tertiary/aromatic N) is 1. The topological polar surface area (TPSA) is 58.4 Å². The Morgan fingerprint density at radius 3 is 2.30 bits per heavy atom. The van der Waals surface area contributed by atoms with Gasteiger partial charge in [-0.3, -0.25) is 4.79 Å². The molecular formula is C14H31Cl2N3O. The Labute approximate surface area is 136 Å². The maximum Gasteiger partial charge on any atom is 0.223 e. The largest absolute Gasteiger partial charge is 0.353 e. The highest BCUT2D eigenvalue weighted by Gasteiger charge is 2.32. The predicted molar refractivity (Wildman–Crippen MR) is 89.8 cm³/mol. The minimum absolute atomic E-state index is 0. The number of halogens is 2. The van der Waals surface area contributed by atoms with Gasteiger partial charge < -0.3 is 16.0 Å². The van der Waals surface area contributed by atoms with Gasteiger partial charge in [0, 0.05) is 24.5 Å². The molecule has 0 aromatic carbocycles. The van der Waals surface area contributed by atoms with Crippen molar-refractivity contribution in [3.63, 3.8) is 0 Å². The van der Waals surface area contributed by atoms with Gasteiger partial charge in [0.2, 0.25) is 5.91 Å². The van der Waals surface area contributed by atoms with Crippen LogP contribution in [0.4, 0.5) is 0 Å². The number of carbonyl (C=O) groups excluding carboxylic acids is 1. The summed E-state index contributed by atoms with van der Waals surface area (Å²) in [5, 5.41) is 3.17. The van der Waals surface area contributed by atoms with Gasteiger partial charge >= 0.3 is 0 Å². The van der Waals surface area contributed by atoms with Gasteiger partial charge in [0.25, 0.3) is 0 Å². The third-order valence-corrected chi connectivity index (χ3v) is 4.10. The third-order valence-electron chi connectivity index (χ3n) is 4.10. The van der Waals surface area contributed by atoms with Crippen LogP contribution in [0.2, 0.25) is 0 Å². The number of carbonyl (C=O) groups is 1. The number of hydrogen-bond acceptors (Lipinski definition) is 3. The van der Waals surface area contributed by atoms with E-state index in [1.54, 1.807) is 0 Å². The second-order valence-corrected chi connectivity index (χ2v) is 6.73. The van der Waals surface area contributed by atoms with E-state index in [1.807, 2.05) is 0 Å². The van der Waals surface area contributed by atoms with Crippen LogP contribution < -0.4 is 11.1 Å². The van der Waals surface area contributed by atoms with Crippen LogP contribution in [0.5, 0.6) is 0 Å². The van der Waals surface area contributed by atoms with Crippen molar-refractivity contribution >= 4 is 30.7 Å². The maximum absolute atomic E-state index is 12.2. The van der Waals surface area contributed by atoms with E-state index in [-0.39, 0.29) is 54.1 Å². The van der Waals surface area contributed by atoms with Crippen molar-refractivity contribution in [3.8, 4) is 0 Å². The van der Waals surface area contributed by atoms with Crippen molar-refractivity contribution in [1.29, 1.82) is 0 Å². The smallest absolute Gasteiger partial charge is 0.223 e. The lowest BCUT2D eigenvalue weighted by molar-refractivity contribution is -0.126. The second-order valence-electron chi connectivity index (χ2n) is 6.73. The standard InChI is InChI=1S/C14H29N3O.2ClH/c1-10(14(2,3)9-17(4)5)16-13(18)11-6-7-12(15)8-11;;/h10-12H,6-9,15H2,1-5H3,(H,16,18);2*1H. The summed E-state index contributed by atoms with van der Waals surface area (Å²) < 4.78 is 0. The van der Waals surface area contributed by atoms with Gasteiger partial charge in [-0.25, -0.2) is 0 Å². The Kier molecular flexibility index (Phi) is 10.1. The van der Waals surface area contributed by atoms with Crippen molar-refractivity contribution in [2.24, 2.45) is 17.1 Å². The van der Waals surface area contributed by atoms with E-state index >= 15 is 0 Å². The van der Waals surface area contributed by atoms with Crippen molar-refractivity contribution in [1.82, 2.24) is 10.2 Å². The fourth-order valence-corrected chi connectivity index (χ4v) is 2.73. The molecule has 1 fully saturated rings. The monoisotopic (exact) mass is 327 g/mol. The van der Waals surface area contributed by atoms with Crippen molar-refractivity contribution < 1.29 is 4.79 Å². The number of rotatable bonds is 5. The van der Waals surface area contributed by atoms with E-state index in [0.717, 1.165) is 25.8 Å². The molecule has 0 heterocycles. The Morgan fingerprint density at radius 2 is 1.90 bits per heavy atom. The number of hydrogen-bond donors (Lipinski definition) is 2. The van der Waals surface area contributed by atoms with E-state index in [2.05, 4.69) is 45.1 Å². The molecule has 1 amide bonds. The summed E-state index contributed by atoms with van der Waals surface area (Å²) in [6.45, 7) is 7.44. The first-order valence-electron chi connectivity index (χ1n) is 6.93. The minimum atomic E-state index is 0. The summed E-state index contributed by atoms with van der Waals surface area (Å²) in [6.07, 6.45) is 2.76. The molecule has 3 atom stereocenters. The summed E-state index contributed by atoms with van der Waals surface area (Å²) in [5.41, 5.74) is 5.93. The molecule has 6 heteroatoms. The van der Waals surface area contributed by atoms with Gasteiger partial charge in [-0.1, -0.05) is 13.8 Å². The average molecular weight is 328 g/mol. The van der Waals surface area contributed by atoms with Gasteiger partial charge in [-0.15, -0.1) is 24.8 Å². The molecule has 1 aliphatic carbocycles. The summed E-state index contributed by atoms with van der Waals surface area (Å²) in [5.74, 6) is 0.305. The first kappa shape index (κ1) is 22.3. The Bertz CT molecular complexity index is 298. The fraction of sp³-hybridized carbons (Fsp3) is 0.929. The van der Waals surface area contributed by atoms with Crippen LogP contribution in [-0.2, 0) is 4.79 Å². The Hall–Kier alpha value is -0.0300. The molecule has 1 aliphatic rings. The lowest BCUT2D eigenvalue weighted by Gasteiger charge is -2.35. The highest BCUT2D eigenvalue weighted by atomic mass is 35.5. The Morgan fingerprint density at radius 1 is 1.35 bits per heavy atom. The van der Waals surface area contributed by atoms with E-state index in [0.29, 0.717) is 0 Å². The molecule has 0 bridgehead atoms. The fourth-order valence-electron chi connectivity index (χ4n) is 2.73. The van der Waals surface area contributed by atoms with E-state index in [4.69, 9.17) is 5.73 Å². The van der Waals surface area contributed by atoms with Crippen molar-refractivity contribution in [2.45, 2.75) is 52.1 Å². The third kappa shape index (κ3) is 6.61. The first-order chi connectivity index (χ1) is 8.22. The normalized spacial score (nSPS) is 23.8. The molecule has 0 saturated heterocycles. The molecule has 1 saturated carbocycles. The first-order valence-corrected chi connectivity index (χ1v) is 6.93. The summed E-state index contributed by atoms with van der Waals surface area (Å²) in [6, 6.07) is 0.384. The maximum atomic E-state index is 12.2. The zero-order valence-corrected chi connectivity index (χ0v) is 14.9. The molecular weight excluding hydrogens is 297 g/mol. The van der Waals surface area contributed by atoms with Gasteiger partial charge in [0.15, 0.2) is 0 Å². The highest BCUT2D eigenvalue weighted by molar-refractivity contribution is 5.85. The predicted octanol–water partition coefficient (Wildman–Crippen LogP) is 2.05. The lowest BCUT2D eigenvalue weighted by atomic mass is 9.84. The number of nitrogens with one attached hydrogen (secondary N) is 1. The molecule has 4 nitrogen and oxygen atoms in total. The van der Waals surface area contributed by atoms with E-state index in [1.165, 1.54) is 0 Å². The quantitative estimate of drug-likeness (QED) is 0.812. The molecule has 122 valence electrons. The molecule has 3 unspecified atom stereocenters. The van der Waals surface area contributed by atoms with Crippen LogP contribution >= 0.6 is 24.8 Å². The van der Waals surface area contributed by atoms with Crippen LogP contribution in [0.25, 0.3) is 0 Å². The van der Waals surface area contributed by atoms with Gasteiger partial charge in [0.05, 0.1) is 0 Å². The number of nitrogens with two attached hydrogens (primary N) is 1. The van der Waals surface area contributed by atoms with Crippen LogP contribution in [0, 0.1) is 11.3 Å². The molecule has 20 heavy (non-hydrogen) atoms. The van der Waals surface area contributed by atoms with Gasteiger partial charge in [-0.2, -0.15) is 0 Å². The van der Waals surface area contributed by atoms with Crippen LogP contribution in [0.3, 0.4) is 0 Å². The van der Waals surface area contributed by atoms with E-state index < -0.39 is 0 Å². The molecule has 0 aliphatic heterocycles. The van der Waals surface area contributed by atoms with Gasteiger partial charge in [0.1, 0.15) is 0 Å². The molecule has 0 aromatic rings. The summed E-state index contributed by atoms with van der Waals surface area (Å²) in [7, 11) is 4.12. The molecule has 0 spiro atoms.